The van der Waals surface area contributed by atoms with Crippen molar-refractivity contribution in [1.29, 1.82) is 0 Å². The fourth-order valence-corrected chi connectivity index (χ4v) is 3.49. The predicted molar refractivity (Wildman–Crippen MR) is 97.7 cm³/mol. The maximum atomic E-state index is 2.37. The quantitative estimate of drug-likeness (QED) is 0.326. The fourth-order valence-electron chi connectivity index (χ4n) is 3.49. The van der Waals surface area contributed by atoms with E-state index in [4.69, 9.17) is 0 Å². The summed E-state index contributed by atoms with van der Waals surface area (Å²) in [4.78, 5) is 0. The Morgan fingerprint density at radius 1 is 0.591 bits per heavy atom. The Hall–Kier alpha value is -2.34. The summed E-state index contributed by atoms with van der Waals surface area (Å²) in [6.07, 6.45) is 0. The summed E-state index contributed by atoms with van der Waals surface area (Å²) < 4.78 is 0. The first kappa shape index (κ1) is 13.3. The first-order valence-corrected chi connectivity index (χ1v) is 7.89. The second kappa shape index (κ2) is 4.58. The summed E-state index contributed by atoms with van der Waals surface area (Å²) in [7, 11) is 0. The Labute approximate surface area is 131 Å². The third-order valence-electron chi connectivity index (χ3n) is 4.56. The summed E-state index contributed by atoms with van der Waals surface area (Å²) in [5.74, 6) is 0. The molecule has 0 heterocycles. The van der Waals surface area contributed by atoms with Crippen molar-refractivity contribution in [2.75, 3.05) is 0 Å². The molecule has 0 nitrogen and oxygen atoms in total. The van der Waals surface area contributed by atoms with E-state index in [2.05, 4.69) is 87.5 Å². The smallest absolute Gasteiger partial charge is 0.00238 e. The van der Waals surface area contributed by atoms with Crippen molar-refractivity contribution in [2.45, 2.75) is 26.2 Å². The third-order valence-corrected chi connectivity index (χ3v) is 4.56. The van der Waals surface area contributed by atoms with Gasteiger partial charge in [0.05, 0.1) is 0 Å². The molecule has 4 aromatic carbocycles. The van der Waals surface area contributed by atoms with Crippen LogP contribution in [0.2, 0.25) is 0 Å². The Bertz CT molecular complexity index is 985. The van der Waals surface area contributed by atoms with Gasteiger partial charge in [0.15, 0.2) is 0 Å². The standard InChI is InChI=1S/C22H20/c1-22(2,3)20-14-16-9-5-7-11-18(16)21-17-10-6-4-8-15(17)12-13-19(20)21/h4-14H,1-3H3. The number of hydrogen-bond acceptors (Lipinski definition) is 0. The van der Waals surface area contributed by atoms with E-state index in [-0.39, 0.29) is 5.41 Å². The minimum atomic E-state index is 0.130. The van der Waals surface area contributed by atoms with Crippen LogP contribution in [0.5, 0.6) is 0 Å². The van der Waals surface area contributed by atoms with E-state index >= 15 is 0 Å². The number of benzene rings is 4. The largest absolute Gasteiger partial charge is 0.0616 e. The van der Waals surface area contributed by atoms with E-state index in [1.165, 1.54) is 37.9 Å². The van der Waals surface area contributed by atoms with E-state index in [1.54, 1.807) is 0 Å². The van der Waals surface area contributed by atoms with E-state index in [0.29, 0.717) is 0 Å². The monoisotopic (exact) mass is 284 g/mol. The van der Waals surface area contributed by atoms with Crippen LogP contribution >= 0.6 is 0 Å². The van der Waals surface area contributed by atoms with Gasteiger partial charge >= 0.3 is 0 Å². The zero-order valence-corrected chi connectivity index (χ0v) is 13.4. The van der Waals surface area contributed by atoms with Crippen LogP contribution in [0, 0.1) is 0 Å². The van der Waals surface area contributed by atoms with E-state index < -0.39 is 0 Å². The normalized spacial score (nSPS) is 12.3. The van der Waals surface area contributed by atoms with E-state index in [1.807, 2.05) is 0 Å². The van der Waals surface area contributed by atoms with Crippen LogP contribution in [0.3, 0.4) is 0 Å². The van der Waals surface area contributed by atoms with Gasteiger partial charge < -0.3 is 0 Å². The molecule has 0 fully saturated rings. The molecule has 0 spiro atoms. The van der Waals surface area contributed by atoms with Gasteiger partial charge in [0.1, 0.15) is 0 Å². The molecule has 0 aliphatic rings. The summed E-state index contributed by atoms with van der Waals surface area (Å²) >= 11 is 0. The summed E-state index contributed by atoms with van der Waals surface area (Å²) in [6.45, 7) is 6.89. The number of hydrogen-bond donors (Lipinski definition) is 0. The minimum Gasteiger partial charge on any atom is -0.0616 e. The predicted octanol–water partition coefficient (Wildman–Crippen LogP) is 6.44. The molecule has 0 bridgehead atoms. The van der Waals surface area contributed by atoms with Crippen LogP contribution in [0.25, 0.3) is 32.3 Å². The molecular weight excluding hydrogens is 264 g/mol. The molecule has 4 rings (SSSR count). The van der Waals surface area contributed by atoms with Crippen LogP contribution < -0.4 is 0 Å². The van der Waals surface area contributed by atoms with Crippen LogP contribution in [0.4, 0.5) is 0 Å². The van der Waals surface area contributed by atoms with Crippen LogP contribution in [0.1, 0.15) is 26.3 Å². The van der Waals surface area contributed by atoms with Gasteiger partial charge in [-0.25, -0.2) is 0 Å². The van der Waals surface area contributed by atoms with Crippen LogP contribution in [0.15, 0.2) is 66.7 Å². The van der Waals surface area contributed by atoms with Crippen LogP contribution in [-0.4, -0.2) is 0 Å². The van der Waals surface area contributed by atoms with Gasteiger partial charge in [-0.3, -0.25) is 0 Å². The topological polar surface area (TPSA) is 0 Å². The van der Waals surface area contributed by atoms with Crippen molar-refractivity contribution in [2.24, 2.45) is 0 Å². The molecule has 0 heteroatoms. The van der Waals surface area contributed by atoms with E-state index in [0.717, 1.165) is 0 Å². The lowest BCUT2D eigenvalue weighted by atomic mass is 9.81. The lowest BCUT2D eigenvalue weighted by molar-refractivity contribution is 0.596. The number of rotatable bonds is 0. The highest BCUT2D eigenvalue weighted by atomic mass is 14.2. The summed E-state index contributed by atoms with van der Waals surface area (Å²) in [5, 5.41) is 8.11. The van der Waals surface area contributed by atoms with Crippen molar-refractivity contribution < 1.29 is 0 Å². The third kappa shape index (κ3) is 1.91. The molecule has 0 aliphatic carbocycles. The van der Waals surface area contributed by atoms with Gasteiger partial charge in [0, 0.05) is 0 Å². The fraction of sp³-hybridized carbons (Fsp3) is 0.182. The van der Waals surface area contributed by atoms with Gasteiger partial charge in [-0.2, -0.15) is 0 Å². The molecule has 0 aliphatic heterocycles. The van der Waals surface area contributed by atoms with E-state index in [9.17, 15) is 0 Å². The Kier molecular flexibility index (Phi) is 2.77. The summed E-state index contributed by atoms with van der Waals surface area (Å²) in [5.41, 5.74) is 1.55. The molecule has 0 N–H and O–H groups in total. The Morgan fingerprint density at radius 2 is 1.18 bits per heavy atom. The lowest BCUT2D eigenvalue weighted by Gasteiger charge is -2.23. The molecule has 0 atom stereocenters. The maximum Gasteiger partial charge on any atom is -0.00238 e. The SMILES string of the molecule is CC(C)(C)c1cc2ccccc2c2c1ccc1ccccc12. The molecule has 0 unspecified atom stereocenters. The molecule has 0 saturated heterocycles. The van der Waals surface area contributed by atoms with Crippen molar-refractivity contribution >= 4 is 32.3 Å². The molecule has 108 valence electrons. The van der Waals surface area contributed by atoms with Gasteiger partial charge in [-0.05, 0) is 49.4 Å². The van der Waals surface area contributed by atoms with Crippen molar-refractivity contribution in [3.8, 4) is 0 Å². The molecule has 0 saturated carbocycles. The van der Waals surface area contributed by atoms with Gasteiger partial charge in [0.25, 0.3) is 0 Å². The highest BCUT2D eigenvalue weighted by Gasteiger charge is 2.19. The molecule has 22 heavy (non-hydrogen) atoms. The highest BCUT2D eigenvalue weighted by Crippen LogP contribution is 2.38. The van der Waals surface area contributed by atoms with Gasteiger partial charge in [0.2, 0.25) is 0 Å². The van der Waals surface area contributed by atoms with Crippen molar-refractivity contribution in [3.63, 3.8) is 0 Å². The highest BCUT2D eigenvalue weighted by molar-refractivity contribution is 6.21. The van der Waals surface area contributed by atoms with Gasteiger partial charge in [-0.1, -0.05) is 81.4 Å². The van der Waals surface area contributed by atoms with Crippen molar-refractivity contribution in [3.05, 3.63) is 72.3 Å². The van der Waals surface area contributed by atoms with Crippen LogP contribution in [-0.2, 0) is 5.41 Å². The number of fused-ring (bicyclic) bond motifs is 5. The molecule has 0 radical (unpaired) electrons. The second-order valence-electron chi connectivity index (χ2n) is 7.10. The molecule has 0 aromatic heterocycles. The van der Waals surface area contributed by atoms with Gasteiger partial charge in [-0.15, -0.1) is 0 Å². The molecule has 0 amide bonds. The Balaban J connectivity index is 2.34. The first-order chi connectivity index (χ1) is 10.6. The zero-order chi connectivity index (χ0) is 15.3. The second-order valence-corrected chi connectivity index (χ2v) is 7.10. The van der Waals surface area contributed by atoms with Crippen molar-refractivity contribution in [1.82, 2.24) is 0 Å². The first-order valence-electron chi connectivity index (χ1n) is 7.89. The molecular formula is C22H20. The minimum absolute atomic E-state index is 0.130. The average molecular weight is 284 g/mol. The lowest BCUT2D eigenvalue weighted by Crippen LogP contribution is -2.11. The average Bonchev–Trinajstić information content (AvgIpc) is 2.52. The maximum absolute atomic E-state index is 2.37. The summed E-state index contributed by atoms with van der Waals surface area (Å²) in [6, 6.07) is 24.4. The molecule has 4 aromatic rings. The zero-order valence-electron chi connectivity index (χ0n) is 13.4. The Morgan fingerprint density at radius 3 is 1.86 bits per heavy atom.